The fraction of sp³-hybridized carbons (Fsp3) is 0.412. The SMILES string of the molecule is CC(N)=O.c1nc(-c2cnn(CC3CCCC3)c2)c2cc[nH]c2n1. The lowest BCUT2D eigenvalue weighted by molar-refractivity contribution is -0.115. The molecule has 0 spiro atoms. The van der Waals surface area contributed by atoms with E-state index in [2.05, 4.69) is 36.7 Å². The van der Waals surface area contributed by atoms with Crippen LogP contribution in [0.5, 0.6) is 0 Å². The van der Waals surface area contributed by atoms with Gasteiger partial charge in [0, 0.05) is 36.8 Å². The summed E-state index contributed by atoms with van der Waals surface area (Å²) in [6.07, 6.45) is 12.9. The van der Waals surface area contributed by atoms with Crippen LogP contribution >= 0.6 is 0 Å². The Hall–Kier alpha value is -2.70. The van der Waals surface area contributed by atoms with Crippen LogP contribution in [-0.2, 0) is 11.3 Å². The molecule has 0 unspecified atom stereocenters. The fourth-order valence-electron chi connectivity index (χ4n) is 3.15. The molecule has 1 fully saturated rings. The molecule has 3 heterocycles. The van der Waals surface area contributed by atoms with E-state index in [-0.39, 0.29) is 5.91 Å². The van der Waals surface area contributed by atoms with Crippen molar-refractivity contribution in [2.45, 2.75) is 39.2 Å². The molecule has 3 aromatic rings. The largest absolute Gasteiger partial charge is 0.370 e. The van der Waals surface area contributed by atoms with Crippen LogP contribution in [0.1, 0.15) is 32.6 Å². The van der Waals surface area contributed by atoms with Gasteiger partial charge < -0.3 is 10.7 Å². The number of nitrogens with two attached hydrogens (primary N) is 1. The molecular formula is C17H22N6O. The molecule has 1 amide bonds. The molecule has 4 rings (SSSR count). The van der Waals surface area contributed by atoms with E-state index >= 15 is 0 Å². The molecule has 7 heteroatoms. The fourth-order valence-corrected chi connectivity index (χ4v) is 3.15. The second-order valence-electron chi connectivity index (χ2n) is 6.17. The molecular weight excluding hydrogens is 304 g/mol. The Morgan fingerprint density at radius 2 is 2.12 bits per heavy atom. The molecule has 0 bridgehead atoms. The van der Waals surface area contributed by atoms with Crippen molar-refractivity contribution >= 4 is 16.9 Å². The minimum Gasteiger partial charge on any atom is -0.370 e. The summed E-state index contributed by atoms with van der Waals surface area (Å²) in [6.45, 7) is 2.33. The van der Waals surface area contributed by atoms with Crippen molar-refractivity contribution in [3.05, 3.63) is 31.0 Å². The van der Waals surface area contributed by atoms with Crippen LogP contribution in [0, 0.1) is 5.92 Å². The van der Waals surface area contributed by atoms with Crippen LogP contribution < -0.4 is 5.73 Å². The number of aromatic nitrogens is 5. The molecule has 0 aliphatic heterocycles. The predicted octanol–water partition coefficient (Wildman–Crippen LogP) is 2.50. The highest BCUT2D eigenvalue weighted by Gasteiger charge is 2.16. The molecule has 3 aromatic heterocycles. The molecule has 126 valence electrons. The lowest BCUT2D eigenvalue weighted by Crippen LogP contribution is -2.07. The van der Waals surface area contributed by atoms with Gasteiger partial charge in [-0.05, 0) is 24.8 Å². The molecule has 1 aliphatic rings. The van der Waals surface area contributed by atoms with Gasteiger partial charge in [-0.1, -0.05) is 12.8 Å². The third-order valence-electron chi connectivity index (χ3n) is 4.18. The standard InChI is InChI=1S/C15H17N5.C2H5NO/c1-2-4-11(3-1)8-20-9-12(7-19-20)14-13-5-6-16-15(13)18-10-17-14;1-2(3)4/h5-7,9-11H,1-4,8H2,(H,16,17,18);1H3,(H2,3,4). The Morgan fingerprint density at radius 1 is 1.38 bits per heavy atom. The maximum Gasteiger partial charge on any atom is 0.214 e. The number of H-pyrrole nitrogens is 1. The highest BCUT2D eigenvalue weighted by atomic mass is 16.1. The van der Waals surface area contributed by atoms with Crippen LogP contribution in [0.25, 0.3) is 22.3 Å². The first-order valence-corrected chi connectivity index (χ1v) is 8.20. The summed E-state index contributed by atoms with van der Waals surface area (Å²) in [5.41, 5.74) is 7.36. The van der Waals surface area contributed by atoms with Crippen molar-refractivity contribution in [3.8, 4) is 11.3 Å². The predicted molar refractivity (Wildman–Crippen MR) is 91.9 cm³/mol. The van der Waals surface area contributed by atoms with Crippen LogP contribution in [0.3, 0.4) is 0 Å². The van der Waals surface area contributed by atoms with Gasteiger partial charge in [-0.15, -0.1) is 0 Å². The zero-order chi connectivity index (χ0) is 16.9. The van der Waals surface area contributed by atoms with Crippen molar-refractivity contribution < 1.29 is 4.79 Å². The van der Waals surface area contributed by atoms with Crippen LogP contribution in [0.4, 0.5) is 0 Å². The van der Waals surface area contributed by atoms with Gasteiger partial charge in [-0.25, -0.2) is 9.97 Å². The first kappa shape index (κ1) is 16.2. The van der Waals surface area contributed by atoms with E-state index in [4.69, 9.17) is 0 Å². The highest BCUT2D eigenvalue weighted by molar-refractivity contribution is 5.89. The molecule has 0 radical (unpaired) electrons. The van der Waals surface area contributed by atoms with Crippen molar-refractivity contribution in [2.24, 2.45) is 11.7 Å². The molecule has 3 N–H and O–H groups in total. The van der Waals surface area contributed by atoms with Crippen molar-refractivity contribution in [1.82, 2.24) is 24.7 Å². The Bertz CT molecular complexity index is 811. The number of hydrogen-bond acceptors (Lipinski definition) is 4. The lowest BCUT2D eigenvalue weighted by Gasteiger charge is -2.07. The van der Waals surface area contributed by atoms with Gasteiger partial charge in [0.1, 0.15) is 12.0 Å². The number of carbonyl (C=O) groups is 1. The maximum atomic E-state index is 9.22. The van der Waals surface area contributed by atoms with E-state index in [9.17, 15) is 4.79 Å². The van der Waals surface area contributed by atoms with E-state index in [1.54, 1.807) is 6.33 Å². The second-order valence-corrected chi connectivity index (χ2v) is 6.17. The normalized spacial score (nSPS) is 14.5. The van der Waals surface area contributed by atoms with E-state index in [1.165, 1.54) is 32.6 Å². The molecule has 1 saturated carbocycles. The maximum absolute atomic E-state index is 9.22. The van der Waals surface area contributed by atoms with Crippen molar-refractivity contribution in [1.29, 1.82) is 0 Å². The van der Waals surface area contributed by atoms with E-state index in [1.807, 2.05) is 18.5 Å². The summed E-state index contributed by atoms with van der Waals surface area (Å²) in [7, 11) is 0. The molecule has 0 atom stereocenters. The third kappa shape index (κ3) is 3.79. The summed E-state index contributed by atoms with van der Waals surface area (Å²) in [5, 5.41) is 5.54. The van der Waals surface area contributed by atoms with E-state index in [0.29, 0.717) is 0 Å². The summed E-state index contributed by atoms with van der Waals surface area (Å²) in [5.74, 6) is 0.459. The Labute approximate surface area is 140 Å². The first-order valence-electron chi connectivity index (χ1n) is 8.20. The number of aromatic amines is 1. The number of hydrogen-bond donors (Lipinski definition) is 2. The monoisotopic (exact) mass is 326 g/mol. The zero-order valence-electron chi connectivity index (χ0n) is 13.8. The topological polar surface area (TPSA) is 102 Å². The summed E-state index contributed by atoms with van der Waals surface area (Å²) < 4.78 is 2.06. The van der Waals surface area contributed by atoms with Crippen LogP contribution in [0.15, 0.2) is 31.0 Å². The van der Waals surface area contributed by atoms with Gasteiger partial charge in [0.25, 0.3) is 0 Å². The quantitative estimate of drug-likeness (QED) is 0.772. The number of rotatable bonds is 3. The third-order valence-corrected chi connectivity index (χ3v) is 4.18. The number of primary amides is 1. The number of fused-ring (bicyclic) bond motifs is 1. The Morgan fingerprint density at radius 3 is 2.88 bits per heavy atom. The van der Waals surface area contributed by atoms with E-state index < -0.39 is 0 Å². The van der Waals surface area contributed by atoms with Gasteiger partial charge in [-0.3, -0.25) is 9.48 Å². The van der Waals surface area contributed by atoms with E-state index in [0.717, 1.165) is 34.8 Å². The summed E-state index contributed by atoms with van der Waals surface area (Å²) in [4.78, 5) is 21.0. The van der Waals surface area contributed by atoms with Gasteiger partial charge in [-0.2, -0.15) is 5.10 Å². The Kier molecular flexibility index (Phi) is 4.88. The summed E-state index contributed by atoms with van der Waals surface area (Å²) >= 11 is 0. The molecule has 7 nitrogen and oxygen atoms in total. The Balaban J connectivity index is 0.000000383. The van der Waals surface area contributed by atoms with Gasteiger partial charge in [0.05, 0.1) is 11.9 Å². The number of nitrogens with one attached hydrogen (secondary N) is 1. The van der Waals surface area contributed by atoms with Gasteiger partial charge in [0.15, 0.2) is 0 Å². The van der Waals surface area contributed by atoms with Gasteiger partial charge >= 0.3 is 0 Å². The molecule has 0 saturated heterocycles. The van der Waals surface area contributed by atoms with Crippen LogP contribution in [0.2, 0.25) is 0 Å². The molecule has 0 aromatic carbocycles. The van der Waals surface area contributed by atoms with Crippen LogP contribution in [-0.4, -0.2) is 30.6 Å². The minimum atomic E-state index is -0.333. The first-order chi connectivity index (χ1) is 11.6. The number of carbonyl (C=O) groups excluding carboxylic acids is 1. The average molecular weight is 326 g/mol. The number of nitrogens with zero attached hydrogens (tertiary/aromatic N) is 4. The lowest BCUT2D eigenvalue weighted by atomic mass is 10.1. The molecule has 24 heavy (non-hydrogen) atoms. The highest BCUT2D eigenvalue weighted by Crippen LogP contribution is 2.28. The summed E-state index contributed by atoms with van der Waals surface area (Å²) in [6, 6.07) is 2.01. The van der Waals surface area contributed by atoms with Crippen molar-refractivity contribution in [3.63, 3.8) is 0 Å². The molecule has 1 aliphatic carbocycles. The van der Waals surface area contributed by atoms with Crippen molar-refractivity contribution in [2.75, 3.05) is 0 Å². The average Bonchev–Trinajstić information content (AvgIpc) is 3.28. The zero-order valence-corrected chi connectivity index (χ0v) is 13.8. The minimum absolute atomic E-state index is 0.333. The van der Waals surface area contributed by atoms with Gasteiger partial charge in [0.2, 0.25) is 5.91 Å². The number of amides is 1. The second kappa shape index (κ2) is 7.25. The smallest absolute Gasteiger partial charge is 0.214 e.